The van der Waals surface area contributed by atoms with Gasteiger partial charge in [0, 0.05) is 24.6 Å². The molecule has 3 rings (SSSR count). The fourth-order valence-electron chi connectivity index (χ4n) is 3.20. The van der Waals surface area contributed by atoms with Crippen molar-refractivity contribution in [2.75, 3.05) is 0 Å². The third-order valence-electron chi connectivity index (χ3n) is 4.02. The quantitative estimate of drug-likeness (QED) is 0.645. The number of carbonyl (C=O) groups excluding carboxylic acids is 1. The third-order valence-corrected chi connectivity index (χ3v) is 4.02. The fourth-order valence-corrected chi connectivity index (χ4v) is 3.20. The van der Waals surface area contributed by atoms with Gasteiger partial charge in [0.25, 0.3) is 0 Å². The minimum absolute atomic E-state index is 0.137. The van der Waals surface area contributed by atoms with E-state index in [1.807, 2.05) is 0 Å². The lowest BCUT2D eigenvalue weighted by atomic mass is 9.71. The van der Waals surface area contributed by atoms with Crippen LogP contribution in [0, 0.1) is 5.92 Å². The summed E-state index contributed by atoms with van der Waals surface area (Å²) in [5.74, 6) is 0.351. The monoisotopic (exact) mass is 219 g/mol. The molecule has 0 aromatic rings. The first-order chi connectivity index (χ1) is 7.75. The number of fused-ring (bicyclic) bond motifs is 3. The molecule has 0 radical (unpaired) electrons. The van der Waals surface area contributed by atoms with Gasteiger partial charge in [-0.2, -0.15) is 0 Å². The molecule has 1 heterocycles. The van der Waals surface area contributed by atoms with Gasteiger partial charge in [0.1, 0.15) is 0 Å². The van der Waals surface area contributed by atoms with Crippen molar-refractivity contribution in [1.82, 2.24) is 5.32 Å². The highest BCUT2D eigenvalue weighted by Crippen LogP contribution is 2.39. The summed E-state index contributed by atoms with van der Waals surface area (Å²) in [4.78, 5) is 11.5. The molecule has 2 N–H and O–H groups in total. The maximum atomic E-state index is 11.5. The first kappa shape index (κ1) is 10.1. The van der Waals surface area contributed by atoms with E-state index in [0.717, 1.165) is 31.3 Å². The van der Waals surface area contributed by atoms with Crippen molar-refractivity contribution >= 4 is 5.78 Å². The molecule has 0 saturated heterocycles. The van der Waals surface area contributed by atoms with E-state index in [4.69, 9.17) is 0 Å². The zero-order valence-corrected chi connectivity index (χ0v) is 9.28. The summed E-state index contributed by atoms with van der Waals surface area (Å²) < 4.78 is 0. The van der Waals surface area contributed by atoms with Gasteiger partial charge in [-0.3, -0.25) is 4.79 Å². The van der Waals surface area contributed by atoms with E-state index < -0.39 is 0 Å². The molecule has 3 unspecified atom stereocenters. The van der Waals surface area contributed by atoms with E-state index in [2.05, 4.69) is 11.5 Å². The molecule has 2 aliphatic carbocycles. The number of hydrogen-bond donors (Lipinski definition) is 2. The smallest absolute Gasteiger partial charge is 0.156 e. The van der Waals surface area contributed by atoms with Crippen molar-refractivity contribution < 1.29 is 9.90 Å². The molecule has 0 amide bonds. The first-order valence-corrected chi connectivity index (χ1v) is 6.13. The maximum absolute atomic E-state index is 11.5. The Hall–Kier alpha value is -1.09. The lowest BCUT2D eigenvalue weighted by Gasteiger charge is -2.42. The van der Waals surface area contributed by atoms with Crippen molar-refractivity contribution in [1.29, 1.82) is 0 Å². The van der Waals surface area contributed by atoms with Crippen LogP contribution in [-0.2, 0) is 4.79 Å². The van der Waals surface area contributed by atoms with Gasteiger partial charge in [0.2, 0.25) is 0 Å². The molecule has 0 aromatic heterocycles. The molecule has 1 saturated carbocycles. The Morgan fingerprint density at radius 3 is 3.06 bits per heavy atom. The predicted octanol–water partition coefficient (Wildman–Crippen LogP) is 1.29. The number of nitrogens with one attached hydrogen (secondary N) is 1. The van der Waals surface area contributed by atoms with Crippen LogP contribution in [0.5, 0.6) is 0 Å². The molecule has 86 valence electrons. The van der Waals surface area contributed by atoms with Crippen LogP contribution < -0.4 is 5.32 Å². The Kier molecular flexibility index (Phi) is 2.36. The van der Waals surface area contributed by atoms with Gasteiger partial charge < -0.3 is 10.4 Å². The van der Waals surface area contributed by atoms with Gasteiger partial charge >= 0.3 is 0 Å². The molecular formula is C13H17NO2. The van der Waals surface area contributed by atoms with Crippen LogP contribution in [-0.4, -0.2) is 23.0 Å². The molecule has 3 aliphatic rings. The van der Waals surface area contributed by atoms with Gasteiger partial charge in [-0.1, -0.05) is 0 Å². The zero-order valence-electron chi connectivity index (χ0n) is 9.28. The first-order valence-electron chi connectivity index (χ1n) is 6.13. The van der Waals surface area contributed by atoms with Crippen molar-refractivity contribution in [2.24, 2.45) is 5.92 Å². The Morgan fingerprint density at radius 2 is 2.19 bits per heavy atom. The molecule has 0 spiro atoms. The number of aliphatic hydroxyl groups excluding tert-OH is 1. The summed E-state index contributed by atoms with van der Waals surface area (Å²) in [6.45, 7) is 0. The van der Waals surface area contributed by atoms with Crippen LogP contribution in [0.2, 0.25) is 0 Å². The standard InChI is InChI=1S/C13H17NO2/c15-9-5-4-8-7-14-11-2-1-3-12(16)13(11)10(8)6-9/h6-7,11-14,16H,1-5H2. The number of rotatable bonds is 0. The van der Waals surface area contributed by atoms with E-state index >= 15 is 0 Å². The molecule has 3 heteroatoms. The number of hydrogen-bond acceptors (Lipinski definition) is 3. The lowest BCUT2D eigenvalue weighted by molar-refractivity contribution is -0.114. The van der Waals surface area contributed by atoms with Crippen molar-refractivity contribution in [2.45, 2.75) is 44.2 Å². The summed E-state index contributed by atoms with van der Waals surface area (Å²) in [6.07, 6.45) is 8.00. The SMILES string of the molecule is O=C1C=C2C(=CNC3CCCC(O)C23)CC1. The highest BCUT2D eigenvalue weighted by molar-refractivity contribution is 5.93. The molecule has 0 aromatic carbocycles. The van der Waals surface area contributed by atoms with Crippen LogP contribution in [0.15, 0.2) is 23.4 Å². The van der Waals surface area contributed by atoms with Crippen molar-refractivity contribution in [3.05, 3.63) is 23.4 Å². The fraction of sp³-hybridized carbons (Fsp3) is 0.615. The second-order valence-electron chi connectivity index (χ2n) is 5.03. The Balaban J connectivity index is 1.99. The Morgan fingerprint density at radius 1 is 1.31 bits per heavy atom. The zero-order chi connectivity index (χ0) is 11.1. The summed E-state index contributed by atoms with van der Waals surface area (Å²) >= 11 is 0. The highest BCUT2D eigenvalue weighted by atomic mass is 16.3. The van der Waals surface area contributed by atoms with Crippen LogP contribution in [0.4, 0.5) is 0 Å². The summed E-state index contributed by atoms with van der Waals surface area (Å²) in [6, 6.07) is 0.324. The largest absolute Gasteiger partial charge is 0.392 e. The topological polar surface area (TPSA) is 49.3 Å². The third kappa shape index (κ3) is 1.50. The van der Waals surface area contributed by atoms with E-state index in [9.17, 15) is 9.90 Å². The molecule has 1 aliphatic heterocycles. The number of allylic oxidation sites excluding steroid dienone is 2. The van der Waals surface area contributed by atoms with Gasteiger partial charge in [0.05, 0.1) is 6.10 Å². The Labute approximate surface area is 95.2 Å². The normalized spacial score (nSPS) is 37.8. The van der Waals surface area contributed by atoms with E-state index in [0.29, 0.717) is 12.5 Å². The maximum Gasteiger partial charge on any atom is 0.156 e. The number of ketones is 1. The summed E-state index contributed by atoms with van der Waals surface area (Å²) in [7, 11) is 0. The molecular weight excluding hydrogens is 202 g/mol. The minimum atomic E-state index is -0.285. The van der Waals surface area contributed by atoms with Crippen molar-refractivity contribution in [3.63, 3.8) is 0 Å². The lowest BCUT2D eigenvalue weighted by Crippen LogP contribution is -2.47. The van der Waals surface area contributed by atoms with Gasteiger partial charge in [-0.25, -0.2) is 0 Å². The molecule has 1 fully saturated rings. The van der Waals surface area contributed by atoms with E-state index in [-0.39, 0.29) is 17.8 Å². The van der Waals surface area contributed by atoms with E-state index in [1.54, 1.807) is 6.08 Å². The van der Waals surface area contributed by atoms with Crippen LogP contribution in [0.3, 0.4) is 0 Å². The van der Waals surface area contributed by atoms with Crippen LogP contribution in [0.25, 0.3) is 0 Å². The Bertz CT molecular complexity index is 383. The number of carbonyl (C=O) groups is 1. The van der Waals surface area contributed by atoms with Crippen molar-refractivity contribution in [3.8, 4) is 0 Å². The second-order valence-corrected chi connectivity index (χ2v) is 5.03. The molecule has 3 atom stereocenters. The minimum Gasteiger partial charge on any atom is -0.392 e. The van der Waals surface area contributed by atoms with Gasteiger partial charge in [0.15, 0.2) is 5.78 Å². The average Bonchev–Trinajstić information content (AvgIpc) is 2.28. The molecule has 3 nitrogen and oxygen atoms in total. The average molecular weight is 219 g/mol. The summed E-state index contributed by atoms with van der Waals surface area (Å²) in [5.41, 5.74) is 2.33. The number of aliphatic hydroxyl groups is 1. The van der Waals surface area contributed by atoms with Gasteiger partial charge in [-0.05, 0) is 42.9 Å². The van der Waals surface area contributed by atoms with Gasteiger partial charge in [-0.15, -0.1) is 0 Å². The second kappa shape index (κ2) is 3.74. The molecule has 16 heavy (non-hydrogen) atoms. The van der Waals surface area contributed by atoms with Crippen LogP contribution in [0.1, 0.15) is 32.1 Å². The molecule has 0 bridgehead atoms. The van der Waals surface area contributed by atoms with E-state index in [1.165, 1.54) is 5.57 Å². The van der Waals surface area contributed by atoms with Crippen LogP contribution >= 0.6 is 0 Å². The summed E-state index contributed by atoms with van der Waals surface area (Å²) in [5, 5.41) is 13.5. The highest BCUT2D eigenvalue weighted by Gasteiger charge is 2.39. The predicted molar refractivity (Wildman–Crippen MR) is 60.7 cm³/mol.